The number of rotatable bonds is 6. The molecule has 1 aliphatic rings. The third-order valence-corrected chi connectivity index (χ3v) is 3.54. The Morgan fingerprint density at radius 3 is 2.14 bits per heavy atom. The summed E-state index contributed by atoms with van der Waals surface area (Å²) >= 11 is 0. The first-order valence-electron chi connectivity index (χ1n) is 6.83. The molecule has 1 N–H and O–H groups in total. The Morgan fingerprint density at radius 1 is 1.19 bits per heavy atom. The van der Waals surface area contributed by atoms with Crippen molar-refractivity contribution in [2.45, 2.75) is 26.3 Å². The SMILES string of the molecule is CC(C)N(CCC(=O)O)CN1C(=O)c2ccccc2C1=O. The van der Waals surface area contributed by atoms with Gasteiger partial charge in [0.2, 0.25) is 0 Å². The predicted molar refractivity (Wildman–Crippen MR) is 75.9 cm³/mol. The summed E-state index contributed by atoms with van der Waals surface area (Å²) in [7, 11) is 0. The molecule has 0 aromatic heterocycles. The standard InChI is InChI=1S/C15H18N2O4/c1-10(2)16(8-7-13(18)19)9-17-14(20)11-5-3-4-6-12(11)15(17)21/h3-6,10H,7-9H2,1-2H3,(H,18,19). The van der Waals surface area contributed by atoms with Gasteiger partial charge in [0.05, 0.1) is 24.2 Å². The molecule has 0 aliphatic carbocycles. The Labute approximate surface area is 123 Å². The van der Waals surface area contributed by atoms with Crippen LogP contribution in [0.3, 0.4) is 0 Å². The highest BCUT2D eigenvalue weighted by Crippen LogP contribution is 2.23. The van der Waals surface area contributed by atoms with Crippen LogP contribution in [0, 0.1) is 0 Å². The topological polar surface area (TPSA) is 77.9 Å². The van der Waals surface area contributed by atoms with Gasteiger partial charge in [-0.25, -0.2) is 0 Å². The average Bonchev–Trinajstić information content (AvgIpc) is 2.68. The van der Waals surface area contributed by atoms with Crippen LogP contribution in [-0.2, 0) is 4.79 Å². The number of carbonyl (C=O) groups is 3. The molecule has 21 heavy (non-hydrogen) atoms. The highest BCUT2D eigenvalue weighted by atomic mass is 16.4. The number of benzene rings is 1. The molecule has 1 heterocycles. The number of aliphatic carboxylic acids is 1. The number of fused-ring (bicyclic) bond motifs is 1. The number of hydrogen-bond donors (Lipinski definition) is 1. The summed E-state index contributed by atoms with van der Waals surface area (Å²) in [6.45, 7) is 4.21. The van der Waals surface area contributed by atoms with Crippen LogP contribution in [0.2, 0.25) is 0 Å². The monoisotopic (exact) mass is 290 g/mol. The lowest BCUT2D eigenvalue weighted by Crippen LogP contribution is -2.45. The fourth-order valence-corrected chi connectivity index (χ4v) is 2.28. The van der Waals surface area contributed by atoms with Crippen LogP contribution in [0.5, 0.6) is 0 Å². The van der Waals surface area contributed by atoms with E-state index in [0.29, 0.717) is 17.7 Å². The largest absolute Gasteiger partial charge is 0.481 e. The predicted octanol–water partition coefficient (Wildman–Crippen LogP) is 1.43. The van der Waals surface area contributed by atoms with Crippen LogP contribution in [-0.4, -0.2) is 51.9 Å². The van der Waals surface area contributed by atoms with Crippen molar-refractivity contribution < 1.29 is 19.5 Å². The number of imide groups is 1. The van der Waals surface area contributed by atoms with Crippen LogP contribution in [0.1, 0.15) is 41.0 Å². The Morgan fingerprint density at radius 2 is 1.71 bits per heavy atom. The summed E-state index contributed by atoms with van der Waals surface area (Å²) in [5.41, 5.74) is 0.814. The van der Waals surface area contributed by atoms with Gasteiger partial charge >= 0.3 is 5.97 Å². The smallest absolute Gasteiger partial charge is 0.304 e. The summed E-state index contributed by atoms with van der Waals surface area (Å²) in [4.78, 5) is 38.2. The zero-order chi connectivity index (χ0) is 15.6. The van der Waals surface area contributed by atoms with E-state index >= 15 is 0 Å². The first kappa shape index (κ1) is 15.2. The van der Waals surface area contributed by atoms with Crippen LogP contribution in [0.4, 0.5) is 0 Å². The molecular formula is C15H18N2O4. The molecule has 1 aromatic rings. The molecule has 1 aromatic carbocycles. The van der Waals surface area contributed by atoms with Crippen molar-refractivity contribution >= 4 is 17.8 Å². The number of carbonyl (C=O) groups excluding carboxylic acids is 2. The third kappa shape index (κ3) is 3.11. The van der Waals surface area contributed by atoms with Gasteiger partial charge < -0.3 is 5.11 Å². The first-order valence-corrected chi connectivity index (χ1v) is 6.83. The Balaban J connectivity index is 2.14. The molecular weight excluding hydrogens is 272 g/mol. The lowest BCUT2D eigenvalue weighted by atomic mass is 10.1. The van der Waals surface area contributed by atoms with Crippen molar-refractivity contribution in [1.82, 2.24) is 9.80 Å². The van der Waals surface area contributed by atoms with Crippen molar-refractivity contribution in [3.05, 3.63) is 35.4 Å². The van der Waals surface area contributed by atoms with E-state index < -0.39 is 5.97 Å². The maximum atomic E-state index is 12.3. The molecule has 112 valence electrons. The third-order valence-electron chi connectivity index (χ3n) is 3.54. The van der Waals surface area contributed by atoms with Crippen molar-refractivity contribution in [1.29, 1.82) is 0 Å². The molecule has 0 radical (unpaired) electrons. The van der Waals surface area contributed by atoms with Gasteiger partial charge in [-0.05, 0) is 26.0 Å². The van der Waals surface area contributed by atoms with E-state index in [1.165, 1.54) is 4.90 Å². The fourth-order valence-electron chi connectivity index (χ4n) is 2.28. The lowest BCUT2D eigenvalue weighted by Gasteiger charge is -2.29. The van der Waals surface area contributed by atoms with Crippen LogP contribution in [0.25, 0.3) is 0 Å². The van der Waals surface area contributed by atoms with Gasteiger partial charge in [-0.15, -0.1) is 0 Å². The Hall–Kier alpha value is -2.21. The van der Waals surface area contributed by atoms with Crippen LogP contribution >= 0.6 is 0 Å². The van der Waals surface area contributed by atoms with Gasteiger partial charge in [-0.1, -0.05) is 12.1 Å². The molecule has 6 nitrogen and oxygen atoms in total. The molecule has 1 aliphatic heterocycles. The van der Waals surface area contributed by atoms with Crippen molar-refractivity contribution in [2.75, 3.05) is 13.2 Å². The van der Waals surface area contributed by atoms with Gasteiger partial charge in [-0.2, -0.15) is 0 Å². The molecule has 0 bridgehead atoms. The van der Waals surface area contributed by atoms with Gasteiger partial charge in [0.25, 0.3) is 11.8 Å². The number of nitrogens with zero attached hydrogens (tertiary/aromatic N) is 2. The number of hydrogen-bond acceptors (Lipinski definition) is 4. The molecule has 0 spiro atoms. The molecule has 0 fully saturated rings. The second-order valence-electron chi connectivity index (χ2n) is 5.28. The van der Waals surface area contributed by atoms with Gasteiger partial charge in [0.1, 0.15) is 0 Å². The molecule has 2 rings (SSSR count). The number of carboxylic acid groups (broad SMARTS) is 1. The van der Waals surface area contributed by atoms with E-state index in [1.54, 1.807) is 29.2 Å². The maximum absolute atomic E-state index is 12.3. The second-order valence-corrected chi connectivity index (χ2v) is 5.28. The maximum Gasteiger partial charge on any atom is 0.304 e. The first-order chi connectivity index (χ1) is 9.91. The average molecular weight is 290 g/mol. The summed E-state index contributed by atoms with van der Waals surface area (Å²) < 4.78 is 0. The summed E-state index contributed by atoms with van der Waals surface area (Å²) in [6, 6.07) is 6.74. The Kier molecular flexibility index (Phi) is 4.37. The zero-order valence-electron chi connectivity index (χ0n) is 12.1. The minimum atomic E-state index is -0.900. The minimum absolute atomic E-state index is 0.0264. The number of amides is 2. The summed E-state index contributed by atoms with van der Waals surface area (Å²) in [5, 5.41) is 8.78. The Bertz CT molecular complexity index is 548. The molecule has 0 saturated heterocycles. The molecule has 0 unspecified atom stereocenters. The highest BCUT2D eigenvalue weighted by Gasteiger charge is 2.36. The number of carboxylic acids is 1. The van der Waals surface area contributed by atoms with E-state index in [2.05, 4.69) is 0 Å². The van der Waals surface area contributed by atoms with Gasteiger partial charge in [-0.3, -0.25) is 24.2 Å². The second kappa shape index (κ2) is 6.05. The summed E-state index contributed by atoms with van der Waals surface area (Å²) in [6.07, 6.45) is -0.0264. The quantitative estimate of drug-likeness (QED) is 0.802. The van der Waals surface area contributed by atoms with Gasteiger partial charge in [0, 0.05) is 12.6 Å². The normalized spacial score (nSPS) is 14.2. The minimum Gasteiger partial charge on any atom is -0.481 e. The van der Waals surface area contributed by atoms with Gasteiger partial charge in [0.15, 0.2) is 0 Å². The van der Waals surface area contributed by atoms with Crippen molar-refractivity contribution in [2.24, 2.45) is 0 Å². The highest BCUT2D eigenvalue weighted by molar-refractivity contribution is 6.21. The molecule has 2 amide bonds. The van der Waals surface area contributed by atoms with Crippen LogP contribution in [0.15, 0.2) is 24.3 Å². The van der Waals surface area contributed by atoms with Crippen LogP contribution < -0.4 is 0 Å². The van der Waals surface area contributed by atoms with E-state index in [-0.39, 0.29) is 30.9 Å². The van der Waals surface area contributed by atoms with Crippen molar-refractivity contribution in [3.63, 3.8) is 0 Å². The molecule has 6 heteroatoms. The van der Waals surface area contributed by atoms with E-state index in [4.69, 9.17) is 5.11 Å². The van der Waals surface area contributed by atoms with Crippen molar-refractivity contribution in [3.8, 4) is 0 Å². The molecule has 0 saturated carbocycles. The fraction of sp³-hybridized carbons (Fsp3) is 0.400. The molecule has 0 atom stereocenters. The van der Waals surface area contributed by atoms with E-state index in [1.807, 2.05) is 13.8 Å². The lowest BCUT2D eigenvalue weighted by molar-refractivity contribution is -0.137. The van der Waals surface area contributed by atoms with E-state index in [9.17, 15) is 14.4 Å². The zero-order valence-corrected chi connectivity index (χ0v) is 12.1. The summed E-state index contributed by atoms with van der Waals surface area (Å²) in [5.74, 6) is -1.55. The van der Waals surface area contributed by atoms with E-state index in [0.717, 1.165) is 0 Å².